The van der Waals surface area contributed by atoms with E-state index in [0.29, 0.717) is 75.4 Å². The van der Waals surface area contributed by atoms with Gasteiger partial charge in [0.1, 0.15) is 30.3 Å². The van der Waals surface area contributed by atoms with E-state index in [1.165, 1.54) is 12.3 Å². The van der Waals surface area contributed by atoms with Crippen molar-refractivity contribution < 1.29 is 19.0 Å². The largest absolute Gasteiger partial charge is 0.487 e. The molecular weight excluding hydrogens is 592 g/mol. The van der Waals surface area contributed by atoms with Gasteiger partial charge in [0.15, 0.2) is 0 Å². The molecular formula is C34H31ClN6O4. The number of pyridine rings is 1. The number of halogens is 1. The SMILES string of the molecule is CN(C)C/C=C/C(=O)Nc1cc2c(Nc3ccc(OCc4cccc(C#N)c4)c(Cl)c3)c(C#N)cnc2cc1O[C@H]1CCOC1. The van der Waals surface area contributed by atoms with E-state index in [1.807, 2.05) is 25.1 Å². The molecule has 1 fully saturated rings. The number of ether oxygens (including phenoxy) is 3. The number of nitriles is 2. The van der Waals surface area contributed by atoms with Crippen molar-refractivity contribution in [3.05, 3.63) is 94.7 Å². The molecule has 1 aliphatic heterocycles. The van der Waals surface area contributed by atoms with Crippen molar-refractivity contribution in [1.82, 2.24) is 9.88 Å². The highest BCUT2D eigenvalue weighted by Gasteiger charge is 2.21. The fraction of sp³-hybridized carbons (Fsp3) is 0.235. The summed E-state index contributed by atoms with van der Waals surface area (Å²) in [6.07, 6.45) is 5.31. The molecule has 1 saturated heterocycles. The molecule has 1 amide bonds. The number of nitrogens with one attached hydrogen (secondary N) is 2. The van der Waals surface area contributed by atoms with Crippen molar-refractivity contribution in [3.63, 3.8) is 0 Å². The number of hydrogen-bond donors (Lipinski definition) is 2. The third-order valence-corrected chi connectivity index (χ3v) is 7.22. The molecule has 2 heterocycles. The van der Waals surface area contributed by atoms with Crippen LogP contribution in [-0.4, -0.2) is 55.7 Å². The van der Waals surface area contributed by atoms with Crippen LogP contribution >= 0.6 is 11.6 Å². The van der Waals surface area contributed by atoms with Gasteiger partial charge in [-0.2, -0.15) is 10.5 Å². The number of carbonyl (C=O) groups excluding carboxylic acids is 1. The number of benzene rings is 3. The molecule has 2 N–H and O–H groups in total. The van der Waals surface area contributed by atoms with Gasteiger partial charge in [-0.15, -0.1) is 0 Å². The average molecular weight is 623 g/mol. The molecule has 3 aromatic carbocycles. The van der Waals surface area contributed by atoms with Crippen molar-refractivity contribution in [3.8, 4) is 23.6 Å². The van der Waals surface area contributed by atoms with Gasteiger partial charge in [0, 0.05) is 42.4 Å². The van der Waals surface area contributed by atoms with Crippen molar-refractivity contribution in [1.29, 1.82) is 10.5 Å². The van der Waals surface area contributed by atoms with Gasteiger partial charge in [0.05, 0.1) is 52.3 Å². The highest BCUT2D eigenvalue weighted by molar-refractivity contribution is 6.32. The lowest BCUT2D eigenvalue weighted by Gasteiger charge is -2.19. The van der Waals surface area contributed by atoms with Crippen LogP contribution in [0.4, 0.5) is 17.1 Å². The van der Waals surface area contributed by atoms with Crippen LogP contribution in [0.5, 0.6) is 11.5 Å². The Hall–Kier alpha value is -5.13. The highest BCUT2D eigenvalue weighted by atomic mass is 35.5. The van der Waals surface area contributed by atoms with E-state index in [9.17, 15) is 10.1 Å². The first-order valence-corrected chi connectivity index (χ1v) is 14.6. The van der Waals surface area contributed by atoms with Crippen LogP contribution in [0.2, 0.25) is 5.02 Å². The van der Waals surface area contributed by atoms with Gasteiger partial charge >= 0.3 is 0 Å². The predicted molar refractivity (Wildman–Crippen MR) is 173 cm³/mol. The number of anilines is 3. The summed E-state index contributed by atoms with van der Waals surface area (Å²) < 4.78 is 17.6. The zero-order valence-electron chi connectivity index (χ0n) is 24.8. The fourth-order valence-corrected chi connectivity index (χ4v) is 4.93. The number of likely N-dealkylation sites (N-methyl/N-ethyl adjacent to an activating group) is 1. The molecule has 0 aliphatic carbocycles. The molecule has 1 atom stereocenters. The lowest BCUT2D eigenvalue weighted by Crippen LogP contribution is -2.18. The molecule has 1 aromatic heterocycles. The number of fused-ring (bicyclic) bond motifs is 1. The quantitative estimate of drug-likeness (QED) is 0.188. The molecule has 10 nitrogen and oxygen atoms in total. The highest BCUT2D eigenvalue weighted by Crippen LogP contribution is 2.38. The fourth-order valence-electron chi connectivity index (χ4n) is 4.70. The summed E-state index contributed by atoms with van der Waals surface area (Å²) in [6.45, 7) is 1.91. The lowest BCUT2D eigenvalue weighted by molar-refractivity contribution is -0.111. The summed E-state index contributed by atoms with van der Waals surface area (Å²) in [5, 5.41) is 26.3. The van der Waals surface area contributed by atoms with Gasteiger partial charge in [-0.05, 0) is 56.1 Å². The molecule has 228 valence electrons. The predicted octanol–water partition coefficient (Wildman–Crippen LogP) is 6.18. The molecule has 1 aliphatic rings. The number of amides is 1. The molecule has 5 rings (SSSR count). The molecule has 0 radical (unpaired) electrons. The van der Waals surface area contributed by atoms with Gasteiger partial charge in [-0.1, -0.05) is 29.8 Å². The minimum absolute atomic E-state index is 0.156. The van der Waals surface area contributed by atoms with Crippen LogP contribution in [0.1, 0.15) is 23.1 Å². The lowest BCUT2D eigenvalue weighted by atomic mass is 10.1. The zero-order valence-corrected chi connectivity index (χ0v) is 25.6. The maximum absolute atomic E-state index is 12.8. The van der Waals surface area contributed by atoms with Crippen LogP contribution in [0.25, 0.3) is 10.9 Å². The van der Waals surface area contributed by atoms with Crippen molar-refractivity contribution in [2.24, 2.45) is 0 Å². The van der Waals surface area contributed by atoms with Crippen LogP contribution in [0.3, 0.4) is 0 Å². The summed E-state index contributed by atoms with van der Waals surface area (Å²) in [6, 6.07) is 20.2. The molecule has 0 bridgehead atoms. The van der Waals surface area contributed by atoms with Gasteiger partial charge < -0.3 is 29.7 Å². The Bertz CT molecular complexity index is 1820. The van der Waals surface area contributed by atoms with E-state index in [-0.39, 0.29) is 18.6 Å². The molecule has 45 heavy (non-hydrogen) atoms. The Morgan fingerprint density at radius 2 is 2.02 bits per heavy atom. The van der Waals surface area contributed by atoms with Gasteiger partial charge in [-0.25, -0.2) is 0 Å². The van der Waals surface area contributed by atoms with E-state index in [0.717, 1.165) is 12.0 Å². The van der Waals surface area contributed by atoms with Gasteiger partial charge in [-0.3, -0.25) is 9.78 Å². The molecule has 4 aromatic rings. The zero-order chi connectivity index (χ0) is 31.8. The summed E-state index contributed by atoms with van der Waals surface area (Å²) in [5.74, 6) is 0.611. The maximum Gasteiger partial charge on any atom is 0.248 e. The molecule has 0 unspecified atom stereocenters. The Kier molecular flexibility index (Phi) is 10.1. The van der Waals surface area contributed by atoms with Crippen molar-refractivity contribution >= 4 is 45.5 Å². The Morgan fingerprint density at radius 1 is 1.16 bits per heavy atom. The Balaban J connectivity index is 1.44. The number of nitrogens with zero attached hydrogens (tertiary/aromatic N) is 4. The standard InChI is InChI=1S/C34H31ClN6O4/c1-41(2)11-4-7-33(42)40-30-15-27-29(16-32(30)45-26-10-12-43-21-26)38-19-24(18-37)34(27)39-25-8-9-31(28(35)14-25)44-20-23-6-3-5-22(13-23)17-36/h3-9,13-16,19,26H,10-12,20-21H2,1-2H3,(H,38,39)(H,40,42)/b7-4+/t26-/m0/s1. The summed E-state index contributed by atoms with van der Waals surface area (Å²) >= 11 is 6.58. The van der Waals surface area contributed by atoms with Gasteiger partial charge in [0.2, 0.25) is 5.91 Å². The monoisotopic (exact) mass is 622 g/mol. The normalized spacial score (nSPS) is 14.3. The minimum atomic E-state index is -0.315. The molecule has 0 spiro atoms. The second kappa shape index (κ2) is 14.6. The minimum Gasteiger partial charge on any atom is -0.487 e. The Labute approximate surface area is 266 Å². The van der Waals surface area contributed by atoms with Crippen molar-refractivity contribution in [2.45, 2.75) is 19.1 Å². The van der Waals surface area contributed by atoms with Crippen LogP contribution in [-0.2, 0) is 16.1 Å². The topological polar surface area (TPSA) is 133 Å². The first-order chi connectivity index (χ1) is 21.8. The van der Waals surface area contributed by atoms with E-state index < -0.39 is 0 Å². The van der Waals surface area contributed by atoms with E-state index in [4.69, 9.17) is 31.1 Å². The average Bonchev–Trinajstić information content (AvgIpc) is 3.54. The maximum atomic E-state index is 12.8. The number of hydrogen-bond acceptors (Lipinski definition) is 9. The second-order valence-corrected chi connectivity index (χ2v) is 11.1. The van der Waals surface area contributed by atoms with E-state index >= 15 is 0 Å². The number of carbonyl (C=O) groups is 1. The second-order valence-electron chi connectivity index (χ2n) is 10.7. The molecule has 0 saturated carbocycles. The number of rotatable bonds is 11. The van der Waals surface area contributed by atoms with Crippen LogP contribution < -0.4 is 20.1 Å². The Morgan fingerprint density at radius 3 is 2.76 bits per heavy atom. The first kappa shape index (κ1) is 31.3. The van der Waals surface area contributed by atoms with Gasteiger partial charge in [0.25, 0.3) is 0 Å². The number of aromatic nitrogens is 1. The van der Waals surface area contributed by atoms with E-state index in [2.05, 4.69) is 27.8 Å². The third-order valence-electron chi connectivity index (χ3n) is 6.92. The van der Waals surface area contributed by atoms with Crippen LogP contribution in [0, 0.1) is 22.7 Å². The van der Waals surface area contributed by atoms with Crippen LogP contribution in [0.15, 0.2) is 72.9 Å². The smallest absolute Gasteiger partial charge is 0.248 e. The summed E-state index contributed by atoms with van der Waals surface area (Å²) in [7, 11) is 3.83. The third kappa shape index (κ3) is 8.08. The first-order valence-electron chi connectivity index (χ1n) is 14.2. The van der Waals surface area contributed by atoms with Crippen molar-refractivity contribution in [2.75, 3.05) is 44.5 Å². The summed E-state index contributed by atoms with van der Waals surface area (Å²) in [5.41, 5.74) is 3.81. The molecule has 11 heteroatoms. The summed E-state index contributed by atoms with van der Waals surface area (Å²) in [4.78, 5) is 19.3. The van der Waals surface area contributed by atoms with E-state index in [1.54, 1.807) is 54.6 Å².